The molecule has 2 atom stereocenters. The van der Waals surface area contributed by atoms with Crippen molar-refractivity contribution in [2.75, 3.05) is 0 Å². The zero-order valence-corrected chi connectivity index (χ0v) is 10.4. The van der Waals surface area contributed by atoms with E-state index in [1.807, 2.05) is 0 Å². The normalized spacial score (nSPS) is 30.1. The highest BCUT2D eigenvalue weighted by Crippen LogP contribution is 2.25. The van der Waals surface area contributed by atoms with Gasteiger partial charge in [-0.05, 0) is 25.7 Å². The summed E-state index contributed by atoms with van der Waals surface area (Å²) in [6.07, 6.45) is 4.61. The van der Waals surface area contributed by atoms with Gasteiger partial charge in [0.15, 0.2) is 0 Å². The van der Waals surface area contributed by atoms with Gasteiger partial charge in [-0.3, -0.25) is 4.79 Å². The van der Waals surface area contributed by atoms with Crippen molar-refractivity contribution in [2.45, 2.75) is 50.6 Å². The van der Waals surface area contributed by atoms with E-state index >= 15 is 0 Å². The average Bonchev–Trinajstić information content (AvgIpc) is 3.00. The Labute approximate surface area is 101 Å². The van der Waals surface area contributed by atoms with Crippen molar-refractivity contribution in [3.63, 3.8) is 0 Å². The van der Waals surface area contributed by atoms with E-state index in [0.29, 0.717) is 12.8 Å². The molecule has 0 heterocycles. The van der Waals surface area contributed by atoms with Crippen molar-refractivity contribution in [3.05, 3.63) is 0 Å². The number of carbonyl (C=O) groups is 1. The quantitative estimate of drug-likeness (QED) is 0.660. The molecule has 2 saturated carbocycles. The predicted molar refractivity (Wildman–Crippen MR) is 61.6 cm³/mol. The highest BCUT2D eigenvalue weighted by molar-refractivity contribution is 7.87. The largest absolute Gasteiger partial charge is 0.481 e. The smallest absolute Gasteiger partial charge is 0.308 e. The number of aliphatic carboxylic acids is 1. The first kappa shape index (κ1) is 12.8. The van der Waals surface area contributed by atoms with Crippen LogP contribution in [-0.4, -0.2) is 31.6 Å². The minimum absolute atomic E-state index is 0.0411. The Balaban J connectivity index is 1.97. The fraction of sp³-hybridized carbons (Fsp3) is 0.900. The van der Waals surface area contributed by atoms with Crippen LogP contribution in [0.2, 0.25) is 0 Å². The summed E-state index contributed by atoms with van der Waals surface area (Å²) < 4.78 is 28.4. The van der Waals surface area contributed by atoms with Gasteiger partial charge in [-0.25, -0.2) is 0 Å². The van der Waals surface area contributed by atoms with Gasteiger partial charge in [-0.2, -0.15) is 17.9 Å². The minimum Gasteiger partial charge on any atom is -0.481 e. The van der Waals surface area contributed by atoms with Crippen molar-refractivity contribution in [2.24, 2.45) is 5.92 Å². The lowest BCUT2D eigenvalue weighted by molar-refractivity contribution is -0.143. The van der Waals surface area contributed by atoms with Gasteiger partial charge >= 0.3 is 5.97 Å². The molecule has 0 spiro atoms. The van der Waals surface area contributed by atoms with Gasteiger partial charge in [0, 0.05) is 12.1 Å². The standard InChI is InChI=1S/C10H18N2O4S/c13-10(14)8-3-1-2-4-9(8)12-17(15,16)11-7-5-6-7/h7-9,11-12H,1-6H2,(H,13,14). The summed E-state index contributed by atoms with van der Waals surface area (Å²) in [6, 6.07) is -0.433. The van der Waals surface area contributed by atoms with Gasteiger partial charge in [0.1, 0.15) is 0 Å². The Kier molecular flexibility index (Phi) is 3.70. The molecule has 0 saturated heterocycles. The predicted octanol–water partition coefficient (Wildman–Crippen LogP) is 0.216. The Morgan fingerprint density at radius 2 is 1.71 bits per heavy atom. The van der Waals surface area contributed by atoms with E-state index in [4.69, 9.17) is 5.11 Å². The summed E-state index contributed by atoms with van der Waals surface area (Å²) >= 11 is 0. The number of hydrogen-bond acceptors (Lipinski definition) is 3. The van der Waals surface area contributed by atoms with Crippen molar-refractivity contribution < 1.29 is 18.3 Å². The van der Waals surface area contributed by atoms with Crippen LogP contribution >= 0.6 is 0 Å². The van der Waals surface area contributed by atoms with E-state index < -0.39 is 28.1 Å². The molecule has 3 N–H and O–H groups in total. The molecule has 2 fully saturated rings. The summed E-state index contributed by atoms with van der Waals surface area (Å²) in [4.78, 5) is 11.0. The molecule has 2 rings (SSSR count). The first-order valence-corrected chi connectivity index (χ1v) is 7.48. The molecular weight excluding hydrogens is 244 g/mol. The third-order valence-corrected chi connectivity index (χ3v) is 4.55. The molecule has 0 aromatic carbocycles. The molecule has 98 valence electrons. The number of carboxylic acids is 1. The van der Waals surface area contributed by atoms with Crippen LogP contribution in [0.15, 0.2) is 0 Å². The monoisotopic (exact) mass is 262 g/mol. The van der Waals surface area contributed by atoms with Gasteiger partial charge < -0.3 is 5.11 Å². The van der Waals surface area contributed by atoms with E-state index in [-0.39, 0.29) is 6.04 Å². The lowest BCUT2D eigenvalue weighted by atomic mass is 9.85. The van der Waals surface area contributed by atoms with Crippen LogP contribution in [0, 0.1) is 5.92 Å². The number of rotatable bonds is 5. The molecule has 0 aliphatic heterocycles. The Hall–Kier alpha value is -0.660. The molecule has 2 aliphatic carbocycles. The molecule has 0 aromatic heterocycles. The van der Waals surface area contributed by atoms with Gasteiger partial charge in [0.25, 0.3) is 10.2 Å². The number of carboxylic acid groups (broad SMARTS) is 1. The van der Waals surface area contributed by atoms with Crippen LogP contribution in [-0.2, 0) is 15.0 Å². The average molecular weight is 262 g/mol. The minimum atomic E-state index is -3.55. The second kappa shape index (κ2) is 4.91. The molecule has 7 heteroatoms. The maximum absolute atomic E-state index is 11.7. The first-order valence-electron chi connectivity index (χ1n) is 6.00. The van der Waals surface area contributed by atoms with Crippen molar-refractivity contribution >= 4 is 16.2 Å². The third kappa shape index (κ3) is 3.65. The van der Waals surface area contributed by atoms with Gasteiger partial charge in [0.05, 0.1) is 5.92 Å². The zero-order valence-electron chi connectivity index (χ0n) is 9.55. The van der Waals surface area contributed by atoms with Crippen LogP contribution in [0.3, 0.4) is 0 Å². The maximum atomic E-state index is 11.7. The highest BCUT2D eigenvalue weighted by atomic mass is 32.2. The van der Waals surface area contributed by atoms with Gasteiger partial charge in [-0.1, -0.05) is 12.8 Å². The summed E-state index contributed by atoms with van der Waals surface area (Å²) in [7, 11) is -3.55. The molecular formula is C10H18N2O4S. The summed E-state index contributed by atoms with van der Waals surface area (Å²) in [5.74, 6) is -1.51. The lowest BCUT2D eigenvalue weighted by Crippen LogP contribution is -2.49. The second-order valence-electron chi connectivity index (χ2n) is 4.85. The lowest BCUT2D eigenvalue weighted by Gasteiger charge is -2.28. The molecule has 0 aromatic rings. The van der Waals surface area contributed by atoms with E-state index in [1.165, 1.54) is 0 Å². The second-order valence-corrected chi connectivity index (χ2v) is 6.33. The third-order valence-electron chi connectivity index (χ3n) is 3.29. The molecule has 2 unspecified atom stereocenters. The van der Waals surface area contributed by atoms with Crippen LogP contribution in [0.1, 0.15) is 38.5 Å². The topological polar surface area (TPSA) is 95.5 Å². The van der Waals surface area contributed by atoms with Crippen molar-refractivity contribution in [1.29, 1.82) is 0 Å². The number of hydrogen-bond donors (Lipinski definition) is 3. The van der Waals surface area contributed by atoms with E-state index in [2.05, 4.69) is 9.44 Å². The van der Waals surface area contributed by atoms with Gasteiger partial charge in [-0.15, -0.1) is 0 Å². The van der Waals surface area contributed by atoms with Crippen LogP contribution in [0.5, 0.6) is 0 Å². The molecule has 0 bridgehead atoms. The Morgan fingerprint density at radius 3 is 2.29 bits per heavy atom. The molecule has 0 radical (unpaired) electrons. The van der Waals surface area contributed by atoms with Gasteiger partial charge in [0.2, 0.25) is 0 Å². The molecule has 0 amide bonds. The summed E-state index contributed by atoms with van der Waals surface area (Å²) in [5.41, 5.74) is 0. The summed E-state index contributed by atoms with van der Waals surface area (Å²) in [6.45, 7) is 0. The van der Waals surface area contributed by atoms with E-state index in [1.54, 1.807) is 0 Å². The Morgan fingerprint density at radius 1 is 1.06 bits per heavy atom. The first-order chi connectivity index (χ1) is 7.98. The zero-order chi connectivity index (χ0) is 12.5. The molecule has 17 heavy (non-hydrogen) atoms. The highest BCUT2D eigenvalue weighted by Gasteiger charge is 2.35. The Bertz CT molecular complexity index is 391. The maximum Gasteiger partial charge on any atom is 0.308 e. The number of nitrogens with one attached hydrogen (secondary N) is 2. The summed E-state index contributed by atoms with van der Waals surface area (Å²) in [5, 5.41) is 9.04. The van der Waals surface area contributed by atoms with Crippen molar-refractivity contribution in [3.8, 4) is 0 Å². The van der Waals surface area contributed by atoms with Crippen molar-refractivity contribution in [1.82, 2.24) is 9.44 Å². The van der Waals surface area contributed by atoms with E-state index in [9.17, 15) is 13.2 Å². The fourth-order valence-electron chi connectivity index (χ4n) is 2.22. The molecule has 6 nitrogen and oxygen atoms in total. The van der Waals surface area contributed by atoms with Crippen LogP contribution in [0.25, 0.3) is 0 Å². The fourth-order valence-corrected chi connectivity index (χ4v) is 3.64. The van der Waals surface area contributed by atoms with Crippen LogP contribution in [0.4, 0.5) is 0 Å². The van der Waals surface area contributed by atoms with Crippen LogP contribution < -0.4 is 9.44 Å². The SMILES string of the molecule is O=C(O)C1CCCCC1NS(=O)(=O)NC1CC1. The van der Waals surface area contributed by atoms with E-state index in [0.717, 1.165) is 25.7 Å². The molecule has 2 aliphatic rings.